The van der Waals surface area contributed by atoms with Crippen molar-refractivity contribution in [1.29, 1.82) is 0 Å². The lowest BCUT2D eigenvalue weighted by Gasteiger charge is -2.22. The minimum atomic E-state index is -4.12. The lowest BCUT2D eigenvalue weighted by atomic mass is 10.1. The number of pyridine rings is 1. The number of carbonyl (C=O) groups is 1. The van der Waals surface area contributed by atoms with Crippen molar-refractivity contribution in [2.75, 3.05) is 18.7 Å². The average molecular weight is 594 g/mol. The Labute approximate surface area is 233 Å². The van der Waals surface area contributed by atoms with Gasteiger partial charge in [-0.3, -0.25) is 4.79 Å². The number of para-hydroxylation sites is 1. The van der Waals surface area contributed by atoms with Crippen LogP contribution in [0.4, 0.5) is 0 Å². The maximum atomic E-state index is 13.5. The number of imidazole rings is 1. The number of benzene rings is 2. The van der Waals surface area contributed by atoms with Gasteiger partial charge in [-0.25, -0.2) is 18.4 Å². The number of aromatic nitrogens is 3. The summed E-state index contributed by atoms with van der Waals surface area (Å²) >= 11 is 14.4. The number of thioether (sulfide) groups is 1. The molecule has 2 aromatic heterocycles. The minimum Gasteiger partial charge on any atom is -0.487 e. The molecule has 1 fully saturated rings. The summed E-state index contributed by atoms with van der Waals surface area (Å²) in [6.07, 6.45) is 5.24. The molecule has 0 unspecified atom stereocenters. The van der Waals surface area contributed by atoms with Crippen molar-refractivity contribution in [3.63, 3.8) is 0 Å². The molecule has 0 spiro atoms. The number of methoxy groups -OCH3 is 1. The van der Waals surface area contributed by atoms with Gasteiger partial charge in [-0.05, 0) is 31.2 Å². The minimum absolute atomic E-state index is 0.0681. The lowest BCUT2D eigenvalue weighted by Crippen LogP contribution is -2.42. The largest absolute Gasteiger partial charge is 0.487 e. The standard InChI is InChI=1S/C25H22Cl2N4O5S2/c1-15-10-19(30-9-8-28-13-30)16-4-3-5-21(24(16)29-15)36-11-17-18(26)6-7-22(23(17)27)38(33,34)31-14-37-12-20(31)25(32)35-2/h3-10,13,20H,11-12,14H2,1-2H3/t20-/m0/s1. The highest BCUT2D eigenvalue weighted by atomic mass is 35.5. The fourth-order valence-corrected chi connectivity index (χ4v) is 8.22. The van der Waals surface area contributed by atoms with E-state index in [0.717, 1.165) is 21.1 Å². The first-order chi connectivity index (χ1) is 18.2. The molecule has 1 atom stereocenters. The molecule has 0 saturated carbocycles. The number of aryl methyl sites for hydroxylation is 1. The van der Waals surface area contributed by atoms with Crippen LogP contribution in [0.5, 0.6) is 5.75 Å². The average Bonchev–Trinajstić information content (AvgIpc) is 3.61. The molecule has 1 aliphatic rings. The number of sulfonamides is 1. The molecule has 0 N–H and O–H groups in total. The maximum absolute atomic E-state index is 13.5. The van der Waals surface area contributed by atoms with Gasteiger partial charge >= 0.3 is 5.97 Å². The molecule has 0 bridgehead atoms. The van der Waals surface area contributed by atoms with Gasteiger partial charge < -0.3 is 14.0 Å². The quantitative estimate of drug-likeness (QED) is 0.280. The van der Waals surface area contributed by atoms with Gasteiger partial charge in [0.25, 0.3) is 0 Å². The molecule has 0 amide bonds. The van der Waals surface area contributed by atoms with Gasteiger partial charge in [-0.15, -0.1) is 11.8 Å². The molecule has 2 aromatic carbocycles. The molecule has 9 nitrogen and oxygen atoms in total. The highest BCUT2D eigenvalue weighted by molar-refractivity contribution is 8.00. The number of ether oxygens (including phenoxy) is 2. The summed E-state index contributed by atoms with van der Waals surface area (Å²) in [6.45, 7) is 1.78. The van der Waals surface area contributed by atoms with E-state index in [4.69, 9.17) is 32.7 Å². The van der Waals surface area contributed by atoms with Gasteiger partial charge in [0.15, 0.2) is 0 Å². The molecule has 13 heteroatoms. The fourth-order valence-electron chi connectivity index (χ4n) is 4.23. The first-order valence-corrected chi connectivity index (χ1v) is 14.7. The van der Waals surface area contributed by atoms with Crippen LogP contribution in [0.25, 0.3) is 16.6 Å². The molecule has 198 valence electrons. The fraction of sp³-hybridized carbons (Fsp3) is 0.240. The van der Waals surface area contributed by atoms with Crippen molar-refractivity contribution in [1.82, 2.24) is 18.8 Å². The molecule has 0 aliphatic carbocycles. The van der Waals surface area contributed by atoms with E-state index in [1.807, 2.05) is 35.9 Å². The van der Waals surface area contributed by atoms with Crippen molar-refractivity contribution >= 4 is 61.9 Å². The van der Waals surface area contributed by atoms with Crippen molar-refractivity contribution in [2.45, 2.75) is 24.5 Å². The van der Waals surface area contributed by atoms with Gasteiger partial charge in [0.05, 0.1) is 30.0 Å². The van der Waals surface area contributed by atoms with Crippen LogP contribution in [-0.4, -0.2) is 58.0 Å². The smallest absolute Gasteiger partial charge is 0.325 e. The number of hydrogen-bond acceptors (Lipinski definition) is 8. The molecule has 0 radical (unpaired) electrons. The summed E-state index contributed by atoms with van der Waals surface area (Å²) in [4.78, 5) is 20.8. The third-order valence-electron chi connectivity index (χ3n) is 6.12. The monoisotopic (exact) mass is 592 g/mol. The van der Waals surface area contributed by atoms with Crippen LogP contribution in [0.2, 0.25) is 10.0 Å². The van der Waals surface area contributed by atoms with Gasteiger partial charge in [0, 0.05) is 39.8 Å². The van der Waals surface area contributed by atoms with Crippen LogP contribution in [0.1, 0.15) is 11.3 Å². The Kier molecular flexibility index (Phi) is 7.56. The van der Waals surface area contributed by atoms with Crippen molar-refractivity contribution in [3.8, 4) is 11.4 Å². The van der Waals surface area contributed by atoms with Crippen molar-refractivity contribution < 1.29 is 22.7 Å². The van der Waals surface area contributed by atoms with Crippen LogP contribution < -0.4 is 4.74 Å². The maximum Gasteiger partial charge on any atom is 0.325 e. The van der Waals surface area contributed by atoms with Gasteiger partial charge in [-0.1, -0.05) is 35.3 Å². The third-order valence-corrected chi connectivity index (χ3v) is 10.1. The molecular formula is C25H22Cl2N4O5S2. The van der Waals surface area contributed by atoms with E-state index in [9.17, 15) is 13.2 Å². The molecular weight excluding hydrogens is 571 g/mol. The molecule has 38 heavy (non-hydrogen) atoms. The Bertz CT molecular complexity index is 1630. The van der Waals surface area contributed by atoms with E-state index in [1.165, 1.54) is 31.0 Å². The van der Waals surface area contributed by atoms with Crippen LogP contribution in [-0.2, 0) is 26.2 Å². The van der Waals surface area contributed by atoms with E-state index in [-0.39, 0.29) is 27.4 Å². The topological polar surface area (TPSA) is 104 Å². The van der Waals surface area contributed by atoms with Crippen LogP contribution in [0.15, 0.2) is 60.0 Å². The molecule has 4 aromatic rings. The van der Waals surface area contributed by atoms with Crippen LogP contribution in [0, 0.1) is 6.92 Å². The number of carbonyl (C=O) groups excluding carboxylic acids is 1. The summed E-state index contributed by atoms with van der Waals surface area (Å²) < 4.78 is 40.9. The zero-order chi connectivity index (χ0) is 27.0. The second-order valence-electron chi connectivity index (χ2n) is 8.46. The normalized spacial score (nSPS) is 16.2. The van der Waals surface area contributed by atoms with Gasteiger partial charge in [-0.2, -0.15) is 4.31 Å². The first kappa shape index (κ1) is 26.8. The molecule has 1 saturated heterocycles. The third kappa shape index (κ3) is 4.85. The summed E-state index contributed by atoms with van der Waals surface area (Å²) in [6, 6.07) is 9.36. The van der Waals surface area contributed by atoms with Crippen LogP contribution in [0.3, 0.4) is 0 Å². The summed E-state index contributed by atoms with van der Waals surface area (Å²) in [5.74, 6) is 0.255. The Morgan fingerprint density at radius 3 is 2.79 bits per heavy atom. The summed E-state index contributed by atoms with van der Waals surface area (Å²) in [7, 11) is -2.90. The second-order valence-corrected chi connectivity index (χ2v) is 12.1. The van der Waals surface area contributed by atoms with E-state index in [0.29, 0.717) is 22.6 Å². The number of esters is 1. The van der Waals surface area contributed by atoms with E-state index >= 15 is 0 Å². The van der Waals surface area contributed by atoms with E-state index in [2.05, 4.69) is 9.97 Å². The Balaban J connectivity index is 1.49. The first-order valence-electron chi connectivity index (χ1n) is 11.4. The number of nitrogens with zero attached hydrogens (tertiary/aromatic N) is 4. The predicted molar refractivity (Wildman–Crippen MR) is 147 cm³/mol. The Morgan fingerprint density at radius 2 is 2.05 bits per heavy atom. The zero-order valence-electron chi connectivity index (χ0n) is 20.3. The van der Waals surface area contributed by atoms with Gasteiger partial charge in [0.1, 0.15) is 28.8 Å². The highest BCUT2D eigenvalue weighted by Crippen LogP contribution is 2.37. The number of hydrogen-bond donors (Lipinski definition) is 0. The van der Waals surface area contributed by atoms with Crippen molar-refractivity contribution in [2.24, 2.45) is 0 Å². The zero-order valence-corrected chi connectivity index (χ0v) is 23.4. The summed E-state index contributed by atoms with van der Waals surface area (Å²) in [5, 5.41) is 1.03. The van der Waals surface area contributed by atoms with Crippen molar-refractivity contribution in [3.05, 3.63) is 76.4 Å². The Hall–Kier alpha value is -2.83. The molecule has 1 aliphatic heterocycles. The SMILES string of the molecule is COC(=O)[C@@H]1CSCN1S(=O)(=O)c1ccc(Cl)c(COc2cccc3c(-n4ccnc4)cc(C)nc23)c1Cl. The molecule has 5 rings (SSSR count). The Morgan fingerprint density at radius 1 is 1.24 bits per heavy atom. The number of fused-ring (bicyclic) bond motifs is 1. The van der Waals surface area contributed by atoms with E-state index < -0.39 is 22.0 Å². The number of halogens is 2. The number of rotatable bonds is 7. The lowest BCUT2D eigenvalue weighted by molar-refractivity contribution is -0.143. The summed E-state index contributed by atoms with van der Waals surface area (Å²) in [5.41, 5.74) is 2.60. The highest BCUT2D eigenvalue weighted by Gasteiger charge is 2.42. The van der Waals surface area contributed by atoms with Crippen LogP contribution >= 0.6 is 35.0 Å². The van der Waals surface area contributed by atoms with E-state index in [1.54, 1.807) is 18.6 Å². The van der Waals surface area contributed by atoms with Gasteiger partial charge in [0.2, 0.25) is 10.0 Å². The molecule has 3 heterocycles. The predicted octanol–water partition coefficient (Wildman–Crippen LogP) is 4.85. The second kappa shape index (κ2) is 10.7.